The number of fused-ring (bicyclic) bond motifs is 1. The SMILES string of the molecule is C.CCCS(=O)Nc1ccc(F)c(C(=O)c2[nH]nc3ncc(-c4ccc(SN)cc4F)cc23)c1F. The number of anilines is 1. The van der Waals surface area contributed by atoms with Gasteiger partial charge in [-0.1, -0.05) is 20.4 Å². The number of ketones is 1. The van der Waals surface area contributed by atoms with Crippen molar-refractivity contribution in [3.63, 3.8) is 0 Å². The number of benzene rings is 2. The van der Waals surface area contributed by atoms with Crippen LogP contribution >= 0.6 is 11.9 Å². The summed E-state index contributed by atoms with van der Waals surface area (Å²) in [7, 11) is -1.60. The third kappa shape index (κ3) is 5.24. The molecule has 0 aliphatic heterocycles. The Morgan fingerprint density at radius 2 is 1.94 bits per heavy atom. The molecule has 184 valence electrons. The van der Waals surface area contributed by atoms with E-state index >= 15 is 4.39 Å². The first kappa shape index (κ1) is 26.4. The maximum Gasteiger partial charge on any atom is 0.217 e. The molecular weight excluding hydrogens is 499 g/mol. The highest BCUT2D eigenvalue weighted by Crippen LogP contribution is 2.30. The van der Waals surface area contributed by atoms with Gasteiger partial charge in [0, 0.05) is 28.0 Å². The molecule has 0 amide bonds. The summed E-state index contributed by atoms with van der Waals surface area (Å²) in [5.74, 6) is -3.59. The number of carbonyl (C=O) groups excluding carboxylic acids is 1. The molecule has 1 unspecified atom stereocenters. The molecule has 2 aromatic heterocycles. The number of rotatable bonds is 8. The summed E-state index contributed by atoms with van der Waals surface area (Å²) in [5, 5.41) is 12.0. The summed E-state index contributed by atoms with van der Waals surface area (Å²) in [6.07, 6.45) is 1.96. The van der Waals surface area contributed by atoms with Gasteiger partial charge < -0.3 is 4.72 Å². The van der Waals surface area contributed by atoms with E-state index < -0.39 is 39.8 Å². The Bertz CT molecular complexity index is 1430. The summed E-state index contributed by atoms with van der Waals surface area (Å²) < 4.78 is 58.6. The minimum atomic E-state index is -1.60. The highest BCUT2D eigenvalue weighted by atomic mass is 32.2. The second-order valence-corrected chi connectivity index (χ2v) is 9.23. The molecule has 0 aliphatic rings. The van der Waals surface area contributed by atoms with Crippen LogP contribution in [0.4, 0.5) is 18.9 Å². The van der Waals surface area contributed by atoms with E-state index in [1.54, 1.807) is 13.0 Å². The van der Waals surface area contributed by atoms with Crippen molar-refractivity contribution in [3.05, 3.63) is 71.3 Å². The van der Waals surface area contributed by atoms with Crippen LogP contribution in [0.25, 0.3) is 22.2 Å². The fourth-order valence-electron chi connectivity index (χ4n) is 3.35. The Morgan fingerprint density at radius 3 is 2.63 bits per heavy atom. The Hall–Kier alpha value is -3.22. The van der Waals surface area contributed by atoms with E-state index in [2.05, 4.69) is 19.9 Å². The van der Waals surface area contributed by atoms with Gasteiger partial charge in [-0.2, -0.15) is 5.10 Å². The zero-order valence-electron chi connectivity index (χ0n) is 17.7. The van der Waals surface area contributed by atoms with Crippen molar-refractivity contribution >= 4 is 45.4 Å². The van der Waals surface area contributed by atoms with Gasteiger partial charge in [0.25, 0.3) is 0 Å². The van der Waals surface area contributed by atoms with Crippen LogP contribution in [0, 0.1) is 17.5 Å². The number of aromatic nitrogens is 3. The highest BCUT2D eigenvalue weighted by Gasteiger charge is 2.26. The van der Waals surface area contributed by atoms with Crippen LogP contribution < -0.4 is 9.86 Å². The number of nitrogens with one attached hydrogen (secondary N) is 2. The number of H-pyrrole nitrogens is 1. The van der Waals surface area contributed by atoms with E-state index in [9.17, 15) is 17.8 Å². The normalized spacial score (nSPS) is 11.8. The molecule has 0 fully saturated rings. The van der Waals surface area contributed by atoms with E-state index in [4.69, 9.17) is 5.14 Å². The van der Waals surface area contributed by atoms with Crippen LogP contribution in [0.3, 0.4) is 0 Å². The number of pyridine rings is 1. The molecule has 0 aliphatic carbocycles. The lowest BCUT2D eigenvalue weighted by Crippen LogP contribution is -2.14. The van der Waals surface area contributed by atoms with Crippen LogP contribution in [0.2, 0.25) is 0 Å². The van der Waals surface area contributed by atoms with Gasteiger partial charge in [-0.15, -0.1) is 0 Å². The number of nitrogens with two attached hydrogens (primary N) is 1. The molecule has 35 heavy (non-hydrogen) atoms. The Balaban J connectivity index is 0.00000342. The predicted molar refractivity (Wildman–Crippen MR) is 133 cm³/mol. The predicted octanol–water partition coefficient (Wildman–Crippen LogP) is 5.36. The molecular formula is C23H22F3N5O2S2. The molecule has 2 aromatic carbocycles. The average Bonchev–Trinajstić information content (AvgIpc) is 3.24. The minimum Gasteiger partial charge on any atom is -0.302 e. The summed E-state index contributed by atoms with van der Waals surface area (Å²) in [5.41, 5.74) is -0.678. The lowest BCUT2D eigenvalue weighted by atomic mass is 10.0. The Morgan fingerprint density at radius 1 is 1.17 bits per heavy atom. The van der Waals surface area contributed by atoms with Gasteiger partial charge in [0.2, 0.25) is 5.78 Å². The third-order valence-corrected chi connectivity index (χ3v) is 6.71. The smallest absolute Gasteiger partial charge is 0.217 e. The van der Waals surface area contributed by atoms with Gasteiger partial charge in [-0.05, 0) is 48.7 Å². The number of hydrogen-bond acceptors (Lipinski definition) is 6. The highest BCUT2D eigenvalue weighted by molar-refractivity contribution is 7.97. The van der Waals surface area contributed by atoms with Gasteiger partial charge in [0.1, 0.15) is 28.3 Å². The molecule has 2 heterocycles. The largest absolute Gasteiger partial charge is 0.302 e. The van der Waals surface area contributed by atoms with Crippen LogP contribution in [-0.4, -0.2) is 30.9 Å². The Labute approximate surface area is 206 Å². The second kappa shape index (κ2) is 11.0. The number of carbonyl (C=O) groups is 1. The molecule has 0 saturated heterocycles. The van der Waals surface area contributed by atoms with Crippen molar-refractivity contribution in [2.75, 3.05) is 10.5 Å². The van der Waals surface area contributed by atoms with Crippen LogP contribution in [0.15, 0.2) is 47.5 Å². The monoisotopic (exact) mass is 521 g/mol. The molecule has 0 bridgehead atoms. The summed E-state index contributed by atoms with van der Waals surface area (Å²) >= 11 is 0.894. The molecule has 0 saturated carbocycles. The fourth-order valence-corrected chi connectivity index (χ4v) is 4.54. The number of aromatic amines is 1. The third-order valence-electron chi connectivity index (χ3n) is 4.96. The maximum atomic E-state index is 15.1. The van der Waals surface area contributed by atoms with Gasteiger partial charge in [-0.3, -0.25) is 15.0 Å². The number of hydrogen-bond donors (Lipinski definition) is 3. The first-order valence-corrected chi connectivity index (χ1v) is 12.2. The van der Waals surface area contributed by atoms with Gasteiger partial charge in [-0.25, -0.2) is 22.4 Å². The molecule has 0 spiro atoms. The van der Waals surface area contributed by atoms with E-state index in [0.717, 1.165) is 24.1 Å². The molecule has 4 N–H and O–H groups in total. The maximum absolute atomic E-state index is 15.1. The molecule has 7 nitrogen and oxygen atoms in total. The van der Waals surface area contributed by atoms with Crippen molar-refractivity contribution in [1.82, 2.24) is 15.2 Å². The van der Waals surface area contributed by atoms with E-state index in [1.165, 1.54) is 24.4 Å². The quantitative estimate of drug-likeness (QED) is 0.212. The van der Waals surface area contributed by atoms with Gasteiger partial charge >= 0.3 is 0 Å². The molecule has 0 radical (unpaired) electrons. The molecule has 4 aromatic rings. The molecule has 1 atom stereocenters. The molecule has 4 rings (SSSR count). The van der Waals surface area contributed by atoms with E-state index in [0.29, 0.717) is 16.9 Å². The van der Waals surface area contributed by atoms with Gasteiger partial charge in [0.15, 0.2) is 11.5 Å². The van der Waals surface area contributed by atoms with Crippen molar-refractivity contribution in [3.8, 4) is 11.1 Å². The number of halogens is 3. The summed E-state index contributed by atoms with van der Waals surface area (Å²) in [6.45, 7) is 1.80. The summed E-state index contributed by atoms with van der Waals surface area (Å²) in [4.78, 5) is 17.8. The van der Waals surface area contributed by atoms with Gasteiger partial charge in [0.05, 0.1) is 16.6 Å². The lowest BCUT2D eigenvalue weighted by molar-refractivity contribution is 0.102. The summed E-state index contributed by atoms with van der Waals surface area (Å²) in [6, 6.07) is 7.85. The van der Waals surface area contributed by atoms with Crippen molar-refractivity contribution in [1.29, 1.82) is 0 Å². The first-order chi connectivity index (χ1) is 16.3. The zero-order valence-corrected chi connectivity index (χ0v) is 19.3. The second-order valence-electron chi connectivity index (χ2n) is 7.22. The standard InChI is InChI=1S/C22H18F3N5O2S2.CH4/c1-2-7-34(32)30-17-6-5-15(23)18(19(17)25)21(31)20-14-8-11(10-27-22(14)29-28-20)13-4-3-12(33-26)9-16(13)24;/h3-6,8-10,30H,2,7,26H2,1H3,(H,27,28,29);1H4. The topological polar surface area (TPSA) is 114 Å². The Kier molecular flexibility index (Phi) is 8.30. The van der Waals surface area contributed by atoms with Crippen molar-refractivity contribution in [2.45, 2.75) is 25.7 Å². The van der Waals surface area contributed by atoms with E-state index in [1.807, 2.05) is 0 Å². The van der Waals surface area contributed by atoms with Crippen LogP contribution in [-0.2, 0) is 11.0 Å². The molecule has 12 heteroatoms. The first-order valence-electron chi connectivity index (χ1n) is 10.0. The van der Waals surface area contributed by atoms with Crippen LogP contribution in [0.1, 0.15) is 36.8 Å². The van der Waals surface area contributed by atoms with Crippen molar-refractivity contribution in [2.24, 2.45) is 5.14 Å². The minimum absolute atomic E-state index is 0. The zero-order chi connectivity index (χ0) is 24.4. The van der Waals surface area contributed by atoms with Crippen LogP contribution in [0.5, 0.6) is 0 Å². The fraction of sp³-hybridized carbons (Fsp3) is 0.174. The average molecular weight is 522 g/mol. The van der Waals surface area contributed by atoms with Crippen molar-refractivity contribution < 1.29 is 22.2 Å². The van der Waals surface area contributed by atoms with E-state index in [-0.39, 0.29) is 41.2 Å². The lowest BCUT2D eigenvalue weighted by Gasteiger charge is -2.10. The number of nitrogens with zero attached hydrogens (tertiary/aromatic N) is 2.